The van der Waals surface area contributed by atoms with Crippen LogP contribution >= 0.6 is 0 Å². The highest BCUT2D eigenvalue weighted by Crippen LogP contribution is 2.33. The summed E-state index contributed by atoms with van der Waals surface area (Å²) in [5, 5.41) is 10.1. The van der Waals surface area contributed by atoms with Crippen molar-refractivity contribution >= 4 is 5.91 Å². The van der Waals surface area contributed by atoms with Gasteiger partial charge in [-0.2, -0.15) is 0 Å². The highest BCUT2D eigenvalue weighted by Gasteiger charge is 2.32. The number of piperazine rings is 1. The fourth-order valence-corrected chi connectivity index (χ4v) is 3.25. The highest BCUT2D eigenvalue weighted by molar-refractivity contribution is 5.97. The van der Waals surface area contributed by atoms with E-state index >= 15 is 0 Å². The molecule has 1 aliphatic carbocycles. The number of methoxy groups -OCH3 is 2. The van der Waals surface area contributed by atoms with Gasteiger partial charge in [0.25, 0.3) is 5.91 Å². The van der Waals surface area contributed by atoms with Crippen LogP contribution in [0.2, 0.25) is 0 Å². The molecule has 6 nitrogen and oxygen atoms in total. The van der Waals surface area contributed by atoms with Crippen LogP contribution in [-0.2, 0) is 0 Å². The third-order valence-corrected chi connectivity index (χ3v) is 4.90. The number of rotatable bonds is 6. The van der Waals surface area contributed by atoms with Gasteiger partial charge in [0, 0.05) is 32.7 Å². The molecule has 0 unspecified atom stereocenters. The highest BCUT2D eigenvalue weighted by atomic mass is 16.5. The maximum Gasteiger partial charge on any atom is 0.257 e. The molecule has 1 saturated carbocycles. The van der Waals surface area contributed by atoms with E-state index < -0.39 is 0 Å². The van der Waals surface area contributed by atoms with E-state index in [9.17, 15) is 9.90 Å². The Bertz CT molecular complexity index is 580. The molecule has 1 N–H and O–H groups in total. The average Bonchev–Trinajstić information content (AvgIpc) is 3.46. The van der Waals surface area contributed by atoms with Crippen molar-refractivity contribution in [1.29, 1.82) is 0 Å². The van der Waals surface area contributed by atoms with Crippen LogP contribution in [-0.4, -0.2) is 73.9 Å². The van der Waals surface area contributed by atoms with Crippen molar-refractivity contribution in [3.05, 3.63) is 23.8 Å². The summed E-state index contributed by atoms with van der Waals surface area (Å²) >= 11 is 0. The van der Waals surface area contributed by atoms with Gasteiger partial charge in [0.1, 0.15) is 0 Å². The monoisotopic (exact) mass is 334 g/mol. The summed E-state index contributed by atoms with van der Waals surface area (Å²) in [5.41, 5.74) is 0.531. The molecular weight excluding hydrogens is 308 g/mol. The Kier molecular flexibility index (Phi) is 5.26. The number of benzene rings is 1. The van der Waals surface area contributed by atoms with Gasteiger partial charge in [-0.05, 0) is 30.9 Å². The third-order valence-electron chi connectivity index (χ3n) is 4.90. The molecule has 24 heavy (non-hydrogen) atoms. The lowest BCUT2D eigenvalue weighted by Gasteiger charge is -2.36. The first-order valence-electron chi connectivity index (χ1n) is 8.54. The second-order valence-corrected chi connectivity index (χ2v) is 6.54. The van der Waals surface area contributed by atoms with Crippen LogP contribution in [0.1, 0.15) is 23.2 Å². The molecule has 3 rings (SSSR count). The Morgan fingerprint density at radius 2 is 1.92 bits per heavy atom. The molecular formula is C18H26N2O4. The zero-order valence-corrected chi connectivity index (χ0v) is 14.4. The van der Waals surface area contributed by atoms with Crippen LogP contribution in [0.25, 0.3) is 0 Å². The van der Waals surface area contributed by atoms with Crippen molar-refractivity contribution in [2.45, 2.75) is 18.9 Å². The van der Waals surface area contributed by atoms with Crippen molar-refractivity contribution in [2.24, 2.45) is 5.92 Å². The first kappa shape index (κ1) is 17.0. The topological polar surface area (TPSA) is 62.2 Å². The first-order chi connectivity index (χ1) is 11.6. The van der Waals surface area contributed by atoms with Crippen molar-refractivity contribution < 1.29 is 19.4 Å². The minimum Gasteiger partial charge on any atom is -0.493 e. The molecule has 1 aromatic carbocycles. The Morgan fingerprint density at radius 3 is 2.50 bits per heavy atom. The molecule has 1 aromatic rings. The SMILES string of the molecule is COc1cccc(C(=O)N2CCN(C[C@H](O)C3CC3)CC2)c1OC. The van der Waals surface area contributed by atoms with Crippen LogP contribution in [0.3, 0.4) is 0 Å². The Labute approximate surface area is 143 Å². The smallest absolute Gasteiger partial charge is 0.257 e. The van der Waals surface area contributed by atoms with Crippen LogP contribution < -0.4 is 9.47 Å². The molecule has 132 valence electrons. The predicted molar refractivity (Wildman–Crippen MR) is 90.6 cm³/mol. The Morgan fingerprint density at radius 1 is 1.21 bits per heavy atom. The van der Waals surface area contributed by atoms with Gasteiger partial charge in [-0.3, -0.25) is 9.69 Å². The quantitative estimate of drug-likeness (QED) is 0.848. The molecule has 0 radical (unpaired) electrons. The summed E-state index contributed by atoms with van der Waals surface area (Å²) in [6.45, 7) is 3.63. The Hall–Kier alpha value is -1.79. The number of para-hydroxylation sites is 1. The fraction of sp³-hybridized carbons (Fsp3) is 0.611. The third kappa shape index (κ3) is 3.65. The summed E-state index contributed by atoms with van der Waals surface area (Å²) in [7, 11) is 3.11. The number of aliphatic hydroxyl groups excluding tert-OH is 1. The van der Waals surface area contributed by atoms with Crippen molar-refractivity contribution in [3.63, 3.8) is 0 Å². The van der Waals surface area contributed by atoms with E-state index in [0.717, 1.165) is 32.5 Å². The molecule has 1 amide bonds. The molecule has 0 bridgehead atoms. The maximum absolute atomic E-state index is 12.8. The van der Waals surface area contributed by atoms with Crippen LogP contribution in [0.15, 0.2) is 18.2 Å². The summed E-state index contributed by atoms with van der Waals surface area (Å²) in [6.07, 6.45) is 2.08. The van der Waals surface area contributed by atoms with E-state index in [1.165, 1.54) is 0 Å². The number of β-amino-alcohol motifs (C(OH)–C–C–N with tert-alkyl or cyclic N) is 1. The second-order valence-electron chi connectivity index (χ2n) is 6.54. The van der Waals surface area contributed by atoms with E-state index in [4.69, 9.17) is 9.47 Å². The van der Waals surface area contributed by atoms with Gasteiger partial charge in [-0.1, -0.05) is 6.07 Å². The predicted octanol–water partition coefficient (Wildman–Crippen LogP) is 1.23. The van der Waals surface area contributed by atoms with Crippen LogP contribution in [0.5, 0.6) is 11.5 Å². The van der Waals surface area contributed by atoms with E-state index in [1.54, 1.807) is 32.4 Å². The molecule has 1 aliphatic heterocycles. The average molecular weight is 334 g/mol. The van der Waals surface area contributed by atoms with Gasteiger partial charge in [-0.15, -0.1) is 0 Å². The van der Waals surface area contributed by atoms with Crippen molar-refractivity contribution in [1.82, 2.24) is 9.80 Å². The second kappa shape index (κ2) is 7.40. The molecule has 1 saturated heterocycles. The molecule has 0 spiro atoms. The van der Waals surface area contributed by atoms with Gasteiger partial charge in [0.2, 0.25) is 0 Å². The summed E-state index contributed by atoms with van der Waals surface area (Å²) in [5.74, 6) is 1.50. The van der Waals surface area contributed by atoms with Crippen molar-refractivity contribution in [2.75, 3.05) is 46.9 Å². The van der Waals surface area contributed by atoms with Crippen LogP contribution in [0.4, 0.5) is 0 Å². The molecule has 1 atom stereocenters. The van der Waals surface area contributed by atoms with Crippen molar-refractivity contribution in [3.8, 4) is 11.5 Å². The van der Waals surface area contributed by atoms with E-state index in [2.05, 4.69) is 4.90 Å². The normalized spacial score (nSPS) is 19.9. The largest absolute Gasteiger partial charge is 0.493 e. The lowest BCUT2D eigenvalue weighted by Crippen LogP contribution is -2.50. The zero-order chi connectivity index (χ0) is 17.1. The maximum atomic E-state index is 12.8. The molecule has 1 heterocycles. The molecule has 6 heteroatoms. The lowest BCUT2D eigenvalue weighted by molar-refractivity contribution is 0.0486. The standard InChI is InChI=1S/C18H26N2O4/c1-23-16-5-3-4-14(17(16)24-2)18(22)20-10-8-19(9-11-20)12-15(21)13-6-7-13/h3-5,13,15,21H,6-12H2,1-2H3/t15-/m0/s1. The van der Waals surface area contributed by atoms with E-state index in [-0.39, 0.29) is 12.0 Å². The molecule has 0 aromatic heterocycles. The number of hydrogen-bond acceptors (Lipinski definition) is 5. The van der Waals surface area contributed by atoms with Crippen LogP contribution in [0, 0.1) is 5.92 Å². The van der Waals surface area contributed by atoms with Gasteiger partial charge >= 0.3 is 0 Å². The first-order valence-corrected chi connectivity index (χ1v) is 8.54. The number of nitrogens with zero attached hydrogens (tertiary/aromatic N) is 2. The Balaban J connectivity index is 1.61. The summed E-state index contributed by atoms with van der Waals surface area (Å²) < 4.78 is 10.6. The van der Waals surface area contributed by atoms with Gasteiger partial charge in [0.05, 0.1) is 25.9 Å². The van der Waals surface area contributed by atoms with Gasteiger partial charge in [0.15, 0.2) is 11.5 Å². The molecule has 2 fully saturated rings. The number of ether oxygens (including phenoxy) is 2. The zero-order valence-electron chi connectivity index (χ0n) is 14.4. The number of carbonyl (C=O) groups is 1. The number of hydrogen-bond donors (Lipinski definition) is 1. The summed E-state index contributed by atoms with van der Waals surface area (Å²) in [4.78, 5) is 16.9. The summed E-state index contributed by atoms with van der Waals surface area (Å²) in [6, 6.07) is 5.36. The van der Waals surface area contributed by atoms with E-state index in [0.29, 0.717) is 36.1 Å². The minimum atomic E-state index is -0.217. The number of carbonyl (C=O) groups excluding carboxylic acids is 1. The molecule has 2 aliphatic rings. The van der Waals surface area contributed by atoms with Gasteiger partial charge < -0.3 is 19.5 Å². The van der Waals surface area contributed by atoms with Gasteiger partial charge in [-0.25, -0.2) is 0 Å². The van der Waals surface area contributed by atoms with E-state index in [1.807, 2.05) is 4.90 Å². The minimum absolute atomic E-state index is 0.0341. The lowest BCUT2D eigenvalue weighted by atomic mass is 10.1. The number of aliphatic hydroxyl groups is 1. The number of amides is 1. The fourth-order valence-electron chi connectivity index (χ4n) is 3.25.